The van der Waals surface area contributed by atoms with Crippen molar-refractivity contribution in [3.63, 3.8) is 0 Å². The summed E-state index contributed by atoms with van der Waals surface area (Å²) in [5, 5.41) is 0. The lowest BCUT2D eigenvalue weighted by Gasteiger charge is -2.32. The van der Waals surface area contributed by atoms with Crippen molar-refractivity contribution in [2.24, 2.45) is 0 Å². The summed E-state index contributed by atoms with van der Waals surface area (Å²) in [7, 11) is 0. The van der Waals surface area contributed by atoms with E-state index in [4.69, 9.17) is 9.47 Å². The highest BCUT2D eigenvalue weighted by Crippen LogP contribution is 2.50. The number of benzene rings is 4. The first-order chi connectivity index (χ1) is 16.6. The summed E-state index contributed by atoms with van der Waals surface area (Å²) < 4.78 is 18.3. The summed E-state index contributed by atoms with van der Waals surface area (Å²) in [4.78, 5) is 0. The van der Waals surface area contributed by atoms with Gasteiger partial charge in [-0.05, 0) is 36.6 Å². The molecule has 0 saturated heterocycles. The molecule has 3 bridgehead atoms. The van der Waals surface area contributed by atoms with Crippen molar-refractivity contribution in [2.75, 3.05) is 0 Å². The highest BCUT2D eigenvalue weighted by atomic mass is 16.7. The number of hydrogen-bond donors (Lipinski definition) is 0. The third-order valence-corrected chi connectivity index (χ3v) is 7.06. The van der Waals surface area contributed by atoms with Crippen molar-refractivity contribution >= 4 is 23.3 Å². The largest absolute Gasteiger partial charge is 0.715 e. The van der Waals surface area contributed by atoms with Gasteiger partial charge in [-0.25, -0.2) is 0 Å². The van der Waals surface area contributed by atoms with Crippen LogP contribution in [-0.2, 0) is 5.41 Å². The van der Waals surface area contributed by atoms with E-state index in [1.165, 1.54) is 0 Å². The minimum absolute atomic E-state index is 0.358. The zero-order valence-corrected chi connectivity index (χ0v) is 19.1. The molecule has 0 amide bonds. The first-order valence-electron chi connectivity index (χ1n) is 11.6. The molecule has 4 heteroatoms. The maximum absolute atomic E-state index is 7.04. The molecular formula is C30H24N2O2+2. The van der Waals surface area contributed by atoms with Crippen molar-refractivity contribution in [1.82, 2.24) is 0 Å². The maximum atomic E-state index is 7.04. The van der Waals surface area contributed by atoms with Crippen LogP contribution in [0.15, 0.2) is 103 Å². The normalized spacial score (nSPS) is 20.9. The van der Waals surface area contributed by atoms with Crippen LogP contribution in [0.5, 0.6) is 11.5 Å². The molecule has 34 heavy (non-hydrogen) atoms. The summed E-state index contributed by atoms with van der Waals surface area (Å²) in [5.74, 6) is 1.67. The van der Waals surface area contributed by atoms with Gasteiger partial charge in [-0.2, -0.15) is 0 Å². The van der Waals surface area contributed by atoms with Crippen LogP contribution in [0.3, 0.4) is 0 Å². The van der Waals surface area contributed by atoms with Crippen LogP contribution in [0, 0.1) is 0 Å². The van der Waals surface area contributed by atoms with Crippen molar-refractivity contribution < 1.29 is 18.6 Å². The molecule has 3 heterocycles. The number of ether oxygens (including phenoxy) is 2. The highest BCUT2D eigenvalue weighted by Gasteiger charge is 2.71. The first-order valence-corrected chi connectivity index (χ1v) is 11.6. The Balaban J connectivity index is 1.70. The van der Waals surface area contributed by atoms with Gasteiger partial charge in [0, 0.05) is 29.8 Å². The first kappa shape index (κ1) is 19.3. The summed E-state index contributed by atoms with van der Waals surface area (Å²) in [5.41, 5.74) is 6.03. The summed E-state index contributed by atoms with van der Waals surface area (Å²) in [6.45, 7) is 4.56. The fraction of sp³-hybridized carbons (Fsp3) is 0.133. The average Bonchev–Trinajstić information content (AvgIpc) is 2.93. The second kappa shape index (κ2) is 6.67. The van der Waals surface area contributed by atoms with Gasteiger partial charge in [-0.3, -0.25) is 0 Å². The minimum Gasteiger partial charge on any atom is -0.340 e. The van der Waals surface area contributed by atoms with Crippen LogP contribution in [0.2, 0.25) is 0 Å². The molecule has 3 aliphatic heterocycles. The molecule has 164 valence electrons. The lowest BCUT2D eigenvalue weighted by Crippen LogP contribution is -2.63. The molecule has 4 aromatic carbocycles. The Morgan fingerprint density at radius 2 is 1.32 bits per heavy atom. The van der Waals surface area contributed by atoms with E-state index >= 15 is 0 Å². The van der Waals surface area contributed by atoms with E-state index in [2.05, 4.69) is 95.9 Å². The van der Waals surface area contributed by atoms with Crippen LogP contribution in [0.1, 0.15) is 30.5 Å². The van der Waals surface area contributed by atoms with Crippen LogP contribution >= 0.6 is 0 Å². The number of nitrogens with zero attached hydrogens (tertiary/aromatic N) is 2. The average molecular weight is 445 g/mol. The third-order valence-electron chi connectivity index (χ3n) is 7.06. The molecular weight excluding hydrogens is 420 g/mol. The van der Waals surface area contributed by atoms with Gasteiger partial charge >= 0.3 is 6.03 Å². The van der Waals surface area contributed by atoms with E-state index in [1.807, 2.05) is 36.4 Å². The molecule has 0 N–H and O–H groups in total. The Morgan fingerprint density at radius 3 is 2.09 bits per heavy atom. The summed E-state index contributed by atoms with van der Waals surface area (Å²) >= 11 is 0. The topological polar surface area (TPSA) is 24.5 Å². The molecule has 0 aromatic heterocycles. The number of para-hydroxylation sites is 4. The quantitative estimate of drug-likeness (QED) is 0.356. The zero-order chi connectivity index (χ0) is 22.9. The molecule has 3 aliphatic rings. The van der Waals surface area contributed by atoms with Gasteiger partial charge in [0.05, 0.1) is 16.5 Å². The van der Waals surface area contributed by atoms with Gasteiger partial charge < -0.3 is 9.47 Å². The monoisotopic (exact) mass is 444 g/mol. The lowest BCUT2D eigenvalue weighted by atomic mass is 9.75. The highest BCUT2D eigenvalue weighted by molar-refractivity contribution is 6.08. The standard InChI is InChI=1S/C30H24N2O2/c1-29(2)25-18-11-12-21-20-31(22-13-5-3-6-14-22)30(34-27(21)25)32(23-15-7-4-8-16-23)28(29)24-17-9-10-19-26(24)33-30/h3-20H,1-2H3/q+2/t30-/m0/s1. The van der Waals surface area contributed by atoms with E-state index in [0.29, 0.717) is 0 Å². The van der Waals surface area contributed by atoms with E-state index < -0.39 is 6.03 Å². The van der Waals surface area contributed by atoms with E-state index in [9.17, 15) is 0 Å². The van der Waals surface area contributed by atoms with Crippen molar-refractivity contribution in [1.29, 1.82) is 0 Å². The minimum atomic E-state index is -1.26. The van der Waals surface area contributed by atoms with Gasteiger partial charge in [0.2, 0.25) is 17.1 Å². The molecule has 0 radical (unpaired) electrons. The lowest BCUT2D eigenvalue weighted by molar-refractivity contribution is -0.857. The SMILES string of the molecule is CC1(C)C2=[N+](c3ccccc3)[C@@]3(Oc4ccccc42)Oc2c(cccc21)C=[N+]3c1ccccc1. The van der Waals surface area contributed by atoms with Crippen LogP contribution < -0.4 is 9.47 Å². The molecule has 0 fully saturated rings. The smallest absolute Gasteiger partial charge is 0.340 e. The molecule has 4 aromatic rings. The van der Waals surface area contributed by atoms with Crippen molar-refractivity contribution in [2.45, 2.75) is 25.3 Å². The molecule has 4 nitrogen and oxygen atoms in total. The summed E-state index contributed by atoms with van der Waals surface area (Å²) in [6.07, 6.45) is 2.15. The Morgan fingerprint density at radius 1 is 0.647 bits per heavy atom. The van der Waals surface area contributed by atoms with Gasteiger partial charge in [0.25, 0.3) is 0 Å². The third kappa shape index (κ3) is 2.43. The van der Waals surface area contributed by atoms with Crippen LogP contribution in [0.25, 0.3) is 0 Å². The van der Waals surface area contributed by atoms with Crippen LogP contribution in [-0.4, -0.2) is 27.1 Å². The Bertz CT molecular complexity index is 1520. The van der Waals surface area contributed by atoms with E-state index in [0.717, 1.165) is 45.3 Å². The number of rotatable bonds is 2. The van der Waals surface area contributed by atoms with Crippen LogP contribution in [0.4, 0.5) is 11.4 Å². The predicted octanol–water partition coefficient (Wildman–Crippen LogP) is 5.97. The molecule has 0 unspecified atom stereocenters. The Kier molecular flexibility index (Phi) is 3.79. The molecule has 0 saturated carbocycles. The van der Waals surface area contributed by atoms with Crippen molar-refractivity contribution in [3.8, 4) is 11.5 Å². The van der Waals surface area contributed by atoms with Gasteiger partial charge in [0.15, 0.2) is 17.7 Å². The zero-order valence-electron chi connectivity index (χ0n) is 19.1. The fourth-order valence-electron chi connectivity index (χ4n) is 5.53. The van der Waals surface area contributed by atoms with Gasteiger partial charge in [-0.1, -0.05) is 65.2 Å². The van der Waals surface area contributed by atoms with E-state index in [1.54, 1.807) is 0 Å². The Labute approximate surface area is 198 Å². The van der Waals surface area contributed by atoms with Gasteiger partial charge in [-0.15, -0.1) is 0 Å². The predicted molar refractivity (Wildman–Crippen MR) is 132 cm³/mol. The second-order valence-corrected chi connectivity index (χ2v) is 9.45. The molecule has 7 rings (SSSR count). The fourth-order valence-corrected chi connectivity index (χ4v) is 5.53. The Hall–Kier alpha value is -4.18. The number of fused-ring (bicyclic) bond motifs is 2. The maximum Gasteiger partial charge on any atom is 0.715 e. The number of hydrogen-bond acceptors (Lipinski definition) is 2. The molecule has 1 spiro atoms. The molecule has 1 atom stereocenters. The van der Waals surface area contributed by atoms with Crippen molar-refractivity contribution in [3.05, 3.63) is 120 Å². The summed E-state index contributed by atoms with van der Waals surface area (Å²) in [6, 6.07) is 34.1. The molecule has 0 aliphatic carbocycles. The van der Waals surface area contributed by atoms with Gasteiger partial charge in [0.1, 0.15) is 0 Å². The second-order valence-electron chi connectivity index (χ2n) is 9.45. The van der Waals surface area contributed by atoms with E-state index in [-0.39, 0.29) is 5.41 Å².